The second-order valence-electron chi connectivity index (χ2n) is 6.18. The highest BCUT2D eigenvalue weighted by Crippen LogP contribution is 2.15. The van der Waals surface area contributed by atoms with E-state index in [9.17, 15) is 9.59 Å². The summed E-state index contributed by atoms with van der Waals surface area (Å²) in [5.41, 5.74) is 0. The van der Waals surface area contributed by atoms with Gasteiger partial charge in [-0.3, -0.25) is 9.59 Å². The van der Waals surface area contributed by atoms with Gasteiger partial charge in [0.2, 0.25) is 11.8 Å². The Morgan fingerprint density at radius 3 is 2.58 bits per heavy atom. The first kappa shape index (κ1) is 16.0. The molecule has 0 bridgehead atoms. The fourth-order valence-corrected chi connectivity index (χ4v) is 2.67. The van der Waals surface area contributed by atoms with Crippen molar-refractivity contribution in [1.29, 1.82) is 0 Å². The monoisotopic (exact) mass is 268 g/mol. The van der Waals surface area contributed by atoms with Crippen molar-refractivity contribution >= 4 is 11.8 Å². The van der Waals surface area contributed by atoms with E-state index in [2.05, 4.69) is 33.0 Å². The first-order chi connectivity index (χ1) is 8.93. The molecule has 1 heterocycles. The predicted molar refractivity (Wildman–Crippen MR) is 76.7 cm³/mol. The molecule has 1 aliphatic rings. The molecule has 1 saturated heterocycles. The Balaban J connectivity index is 2.69. The first-order valence-corrected chi connectivity index (χ1v) is 7.52. The summed E-state index contributed by atoms with van der Waals surface area (Å²) in [6.07, 6.45) is 3.41. The van der Waals surface area contributed by atoms with Gasteiger partial charge in [0.15, 0.2) is 0 Å². The van der Waals surface area contributed by atoms with Crippen LogP contribution < -0.4 is 5.32 Å². The van der Waals surface area contributed by atoms with Crippen molar-refractivity contribution < 1.29 is 9.59 Å². The average Bonchev–Trinajstić information content (AvgIpc) is 2.43. The van der Waals surface area contributed by atoms with E-state index in [0.717, 1.165) is 25.8 Å². The number of nitrogens with one attached hydrogen (secondary N) is 1. The Morgan fingerprint density at radius 2 is 2.00 bits per heavy atom. The van der Waals surface area contributed by atoms with Gasteiger partial charge in [0, 0.05) is 19.5 Å². The van der Waals surface area contributed by atoms with Crippen molar-refractivity contribution in [3.05, 3.63) is 0 Å². The molecule has 0 aromatic heterocycles. The molecule has 4 nitrogen and oxygen atoms in total. The maximum atomic E-state index is 12.5. The van der Waals surface area contributed by atoms with Gasteiger partial charge in [-0.2, -0.15) is 0 Å². The van der Waals surface area contributed by atoms with Crippen LogP contribution in [0.5, 0.6) is 0 Å². The zero-order chi connectivity index (χ0) is 14.4. The van der Waals surface area contributed by atoms with Gasteiger partial charge in [-0.1, -0.05) is 34.1 Å². The van der Waals surface area contributed by atoms with Crippen molar-refractivity contribution in [1.82, 2.24) is 10.2 Å². The Kier molecular flexibility index (Phi) is 6.32. The minimum absolute atomic E-state index is 0.00430. The van der Waals surface area contributed by atoms with Crippen LogP contribution in [0, 0.1) is 11.8 Å². The highest BCUT2D eigenvalue weighted by molar-refractivity contribution is 5.89. The molecule has 4 heteroatoms. The molecule has 0 spiro atoms. The van der Waals surface area contributed by atoms with E-state index in [0.29, 0.717) is 24.8 Å². The van der Waals surface area contributed by atoms with E-state index in [1.807, 2.05) is 4.90 Å². The van der Waals surface area contributed by atoms with Gasteiger partial charge >= 0.3 is 0 Å². The van der Waals surface area contributed by atoms with Gasteiger partial charge in [-0.25, -0.2) is 0 Å². The van der Waals surface area contributed by atoms with E-state index in [-0.39, 0.29) is 17.9 Å². The normalized spacial score (nSPS) is 22.4. The Hall–Kier alpha value is -1.06. The smallest absolute Gasteiger partial charge is 0.245 e. The fraction of sp³-hybridized carbons (Fsp3) is 0.867. The lowest BCUT2D eigenvalue weighted by Gasteiger charge is -2.27. The number of carbonyl (C=O) groups is 2. The van der Waals surface area contributed by atoms with Gasteiger partial charge in [-0.15, -0.1) is 0 Å². The third-order valence-electron chi connectivity index (χ3n) is 3.57. The zero-order valence-corrected chi connectivity index (χ0v) is 12.7. The molecule has 1 fully saturated rings. The first-order valence-electron chi connectivity index (χ1n) is 7.52. The number of nitrogens with zero attached hydrogens (tertiary/aromatic N) is 1. The minimum atomic E-state index is -0.330. The molecule has 2 unspecified atom stereocenters. The van der Waals surface area contributed by atoms with E-state index < -0.39 is 0 Å². The molecule has 19 heavy (non-hydrogen) atoms. The summed E-state index contributed by atoms with van der Waals surface area (Å²) in [6.45, 7) is 9.83. The average molecular weight is 268 g/mol. The lowest BCUT2D eigenvalue weighted by Crippen LogP contribution is -2.46. The van der Waals surface area contributed by atoms with Crippen LogP contribution in [0.4, 0.5) is 0 Å². The maximum absolute atomic E-state index is 12.5. The molecular weight excluding hydrogens is 240 g/mol. The summed E-state index contributed by atoms with van der Waals surface area (Å²) in [4.78, 5) is 26.0. The van der Waals surface area contributed by atoms with Gasteiger partial charge in [-0.05, 0) is 24.7 Å². The number of hydrogen-bond donors (Lipinski definition) is 1. The lowest BCUT2D eigenvalue weighted by molar-refractivity contribution is -0.134. The van der Waals surface area contributed by atoms with Crippen molar-refractivity contribution in [2.75, 3.05) is 13.1 Å². The van der Waals surface area contributed by atoms with E-state index in [4.69, 9.17) is 0 Å². The van der Waals surface area contributed by atoms with Crippen LogP contribution in [0.25, 0.3) is 0 Å². The Bertz CT molecular complexity index is 315. The molecule has 0 aliphatic carbocycles. The van der Waals surface area contributed by atoms with Crippen LogP contribution in [-0.2, 0) is 9.59 Å². The van der Waals surface area contributed by atoms with Crippen molar-refractivity contribution in [2.45, 2.75) is 59.4 Å². The molecule has 1 N–H and O–H groups in total. The minimum Gasteiger partial charge on any atom is -0.344 e. The predicted octanol–water partition coefficient (Wildman–Crippen LogP) is 2.19. The third-order valence-corrected chi connectivity index (χ3v) is 3.57. The molecule has 1 rings (SSSR count). The van der Waals surface area contributed by atoms with Crippen LogP contribution in [0.15, 0.2) is 0 Å². The molecule has 0 aromatic rings. The number of rotatable bonds is 6. The summed E-state index contributed by atoms with van der Waals surface area (Å²) in [7, 11) is 0. The van der Waals surface area contributed by atoms with E-state index >= 15 is 0 Å². The summed E-state index contributed by atoms with van der Waals surface area (Å²) >= 11 is 0. The van der Waals surface area contributed by atoms with Crippen LogP contribution >= 0.6 is 0 Å². The van der Waals surface area contributed by atoms with Crippen LogP contribution in [0.3, 0.4) is 0 Å². The quantitative estimate of drug-likeness (QED) is 0.802. The Morgan fingerprint density at radius 1 is 1.32 bits per heavy atom. The van der Waals surface area contributed by atoms with Crippen molar-refractivity contribution in [2.24, 2.45) is 11.8 Å². The Labute approximate surface area is 116 Å². The number of carbonyl (C=O) groups excluding carboxylic acids is 2. The standard InChI is InChI=1S/C15H28N2O2/c1-5-6-12(4)10-17-8-7-14(18)16-13(15(17)19)9-11(2)3/h11-13H,5-10H2,1-4H3,(H,16,18). The van der Waals surface area contributed by atoms with Gasteiger partial charge in [0.05, 0.1) is 0 Å². The SMILES string of the molecule is CCCC(C)CN1CCC(=O)NC(CC(C)C)C1=O. The molecule has 1 aliphatic heterocycles. The molecule has 0 saturated carbocycles. The molecule has 2 atom stereocenters. The van der Waals surface area contributed by atoms with Crippen LogP contribution in [0.2, 0.25) is 0 Å². The van der Waals surface area contributed by atoms with Gasteiger partial charge in [0.1, 0.15) is 6.04 Å². The number of hydrogen-bond acceptors (Lipinski definition) is 2. The van der Waals surface area contributed by atoms with E-state index in [1.165, 1.54) is 0 Å². The molecule has 0 radical (unpaired) electrons. The molecular formula is C15H28N2O2. The van der Waals surface area contributed by atoms with Crippen LogP contribution in [0.1, 0.15) is 53.4 Å². The van der Waals surface area contributed by atoms with Crippen molar-refractivity contribution in [3.63, 3.8) is 0 Å². The largest absolute Gasteiger partial charge is 0.344 e. The summed E-state index contributed by atoms with van der Waals surface area (Å²) < 4.78 is 0. The molecule has 2 amide bonds. The van der Waals surface area contributed by atoms with Gasteiger partial charge in [0.25, 0.3) is 0 Å². The summed E-state index contributed by atoms with van der Waals surface area (Å²) in [6, 6.07) is -0.330. The lowest BCUT2D eigenvalue weighted by atomic mass is 10.0. The van der Waals surface area contributed by atoms with Gasteiger partial charge < -0.3 is 10.2 Å². The number of amides is 2. The van der Waals surface area contributed by atoms with E-state index in [1.54, 1.807) is 0 Å². The second-order valence-corrected chi connectivity index (χ2v) is 6.18. The highest BCUT2D eigenvalue weighted by atomic mass is 16.2. The summed E-state index contributed by atoms with van der Waals surface area (Å²) in [5, 5.41) is 2.87. The molecule has 110 valence electrons. The fourth-order valence-electron chi connectivity index (χ4n) is 2.67. The third kappa shape index (κ3) is 5.21. The summed E-state index contributed by atoms with van der Waals surface area (Å²) in [5.74, 6) is 1.01. The second kappa shape index (κ2) is 7.51. The van der Waals surface area contributed by atoms with Crippen molar-refractivity contribution in [3.8, 4) is 0 Å². The topological polar surface area (TPSA) is 49.4 Å². The molecule has 0 aromatic carbocycles. The van der Waals surface area contributed by atoms with Crippen LogP contribution in [-0.4, -0.2) is 35.8 Å². The zero-order valence-electron chi connectivity index (χ0n) is 12.7. The highest BCUT2D eigenvalue weighted by Gasteiger charge is 2.30. The maximum Gasteiger partial charge on any atom is 0.245 e.